The van der Waals surface area contributed by atoms with Gasteiger partial charge in [0.05, 0.1) is 0 Å². The number of nitrogens with zero attached hydrogens (tertiary/aromatic N) is 2. The number of nitrogen functional groups attached to an aromatic ring is 1. The summed E-state index contributed by atoms with van der Waals surface area (Å²) in [6, 6.07) is 0. The number of carboxylic acid groups (broad SMARTS) is 1. The Bertz CT molecular complexity index is 483. The molecule has 8 heteroatoms. The molecule has 2 rings (SSSR count). The number of hydrogen-bond donors (Lipinski definition) is 2. The maximum atomic E-state index is 11.1. The Kier molecular flexibility index (Phi) is 4.60. The van der Waals surface area contributed by atoms with E-state index in [2.05, 4.69) is 10.1 Å². The fourth-order valence-electron chi connectivity index (χ4n) is 1.85. The molecule has 19 heavy (non-hydrogen) atoms. The van der Waals surface area contributed by atoms with Crippen LogP contribution in [-0.4, -0.2) is 33.3 Å². The molecule has 0 unspecified atom stereocenters. The molecule has 0 amide bonds. The second-order valence-electron chi connectivity index (χ2n) is 4.30. The predicted molar refractivity (Wildman–Crippen MR) is 73.7 cm³/mol. The second-order valence-corrected chi connectivity index (χ2v) is 5.80. The summed E-state index contributed by atoms with van der Waals surface area (Å²) < 4.78 is 0. The molecule has 6 nitrogen and oxygen atoms in total. The zero-order chi connectivity index (χ0) is 13.8. The van der Waals surface area contributed by atoms with Gasteiger partial charge in [-0.25, -0.2) is 9.78 Å². The smallest absolute Gasteiger partial charge is 0.360 e. The normalized spacial score (nSPS) is 24.2. The van der Waals surface area contributed by atoms with Crippen LogP contribution in [0.2, 0.25) is 0 Å². The van der Waals surface area contributed by atoms with E-state index >= 15 is 0 Å². The number of rotatable bonds is 4. The molecule has 0 aromatic carbocycles. The van der Waals surface area contributed by atoms with Crippen molar-refractivity contribution in [3.05, 3.63) is 11.1 Å². The minimum Gasteiger partial charge on any atom is -0.476 e. The first-order valence-corrected chi connectivity index (χ1v) is 7.20. The van der Waals surface area contributed by atoms with E-state index in [1.54, 1.807) is 5.38 Å². The zero-order valence-corrected chi connectivity index (χ0v) is 11.7. The van der Waals surface area contributed by atoms with Crippen LogP contribution >= 0.6 is 22.9 Å². The molecule has 0 saturated heterocycles. The Balaban J connectivity index is 2.03. The summed E-state index contributed by atoms with van der Waals surface area (Å²) in [7, 11) is 0. The van der Waals surface area contributed by atoms with E-state index in [1.165, 1.54) is 0 Å². The first-order chi connectivity index (χ1) is 9.06. The highest BCUT2D eigenvalue weighted by molar-refractivity contribution is 7.13. The number of nitrogens with two attached hydrogens (primary N) is 1. The third-order valence-corrected chi connectivity index (χ3v) is 3.97. The number of carbonyl (C=O) groups is 1. The van der Waals surface area contributed by atoms with E-state index in [9.17, 15) is 4.79 Å². The van der Waals surface area contributed by atoms with Crippen molar-refractivity contribution in [2.45, 2.75) is 37.2 Å². The minimum atomic E-state index is -1.18. The van der Waals surface area contributed by atoms with Crippen LogP contribution in [-0.2, 0) is 9.63 Å². The zero-order valence-electron chi connectivity index (χ0n) is 10.1. The van der Waals surface area contributed by atoms with Crippen molar-refractivity contribution >= 4 is 39.8 Å². The van der Waals surface area contributed by atoms with Crippen LogP contribution in [0.5, 0.6) is 0 Å². The number of anilines is 1. The van der Waals surface area contributed by atoms with E-state index in [4.69, 9.17) is 27.3 Å². The van der Waals surface area contributed by atoms with Crippen molar-refractivity contribution in [2.24, 2.45) is 5.16 Å². The molecule has 1 fully saturated rings. The van der Waals surface area contributed by atoms with Gasteiger partial charge >= 0.3 is 5.97 Å². The summed E-state index contributed by atoms with van der Waals surface area (Å²) in [5.41, 5.74) is 5.48. The maximum Gasteiger partial charge on any atom is 0.360 e. The number of thiazole rings is 1. The van der Waals surface area contributed by atoms with Gasteiger partial charge in [-0.05, 0) is 25.7 Å². The van der Waals surface area contributed by atoms with Gasteiger partial charge in [-0.3, -0.25) is 0 Å². The van der Waals surface area contributed by atoms with Crippen LogP contribution in [0.25, 0.3) is 0 Å². The first kappa shape index (κ1) is 14.1. The quantitative estimate of drug-likeness (QED) is 0.504. The Labute approximate surface area is 119 Å². The summed E-state index contributed by atoms with van der Waals surface area (Å²) in [5.74, 6) is -1.18. The van der Waals surface area contributed by atoms with Crippen molar-refractivity contribution in [2.75, 3.05) is 5.73 Å². The van der Waals surface area contributed by atoms with E-state index in [-0.39, 0.29) is 22.9 Å². The molecule has 1 saturated carbocycles. The maximum absolute atomic E-state index is 11.1. The molecule has 1 aromatic heterocycles. The van der Waals surface area contributed by atoms with Crippen molar-refractivity contribution < 1.29 is 14.7 Å². The van der Waals surface area contributed by atoms with Crippen LogP contribution in [0.4, 0.5) is 5.13 Å². The molecule has 0 radical (unpaired) electrons. The number of carboxylic acids is 1. The van der Waals surface area contributed by atoms with Crippen molar-refractivity contribution in [1.82, 2.24) is 4.98 Å². The van der Waals surface area contributed by atoms with Crippen LogP contribution in [0.15, 0.2) is 10.5 Å². The monoisotopic (exact) mass is 303 g/mol. The number of aromatic nitrogens is 1. The SMILES string of the molecule is Nc1nc(C(=NO[C@H]2CC[C@H](Cl)CC2)C(=O)O)cs1. The van der Waals surface area contributed by atoms with E-state index < -0.39 is 5.97 Å². The summed E-state index contributed by atoms with van der Waals surface area (Å²) >= 11 is 7.15. The Morgan fingerprint density at radius 2 is 2.21 bits per heavy atom. The van der Waals surface area contributed by atoms with Crippen LogP contribution in [0.1, 0.15) is 31.4 Å². The summed E-state index contributed by atoms with van der Waals surface area (Å²) in [4.78, 5) is 20.3. The predicted octanol–water partition coefficient (Wildman–Crippen LogP) is 2.08. The molecule has 1 heterocycles. The van der Waals surface area contributed by atoms with Gasteiger partial charge in [0.1, 0.15) is 11.8 Å². The number of alkyl halides is 1. The lowest BCUT2D eigenvalue weighted by molar-refractivity contribution is -0.129. The second kappa shape index (κ2) is 6.21. The summed E-state index contributed by atoms with van der Waals surface area (Å²) in [6.45, 7) is 0. The van der Waals surface area contributed by atoms with Crippen LogP contribution in [0.3, 0.4) is 0 Å². The first-order valence-electron chi connectivity index (χ1n) is 5.89. The molecule has 0 spiro atoms. The van der Waals surface area contributed by atoms with Gasteiger partial charge in [0.2, 0.25) is 5.71 Å². The lowest BCUT2D eigenvalue weighted by Crippen LogP contribution is -2.22. The van der Waals surface area contributed by atoms with Crippen LogP contribution in [0, 0.1) is 0 Å². The molecule has 104 valence electrons. The van der Waals surface area contributed by atoms with Gasteiger partial charge in [0.15, 0.2) is 5.13 Å². The largest absolute Gasteiger partial charge is 0.476 e. The fraction of sp³-hybridized carbons (Fsp3) is 0.545. The Morgan fingerprint density at radius 1 is 1.53 bits per heavy atom. The highest BCUT2D eigenvalue weighted by Crippen LogP contribution is 2.25. The van der Waals surface area contributed by atoms with Crippen molar-refractivity contribution in [1.29, 1.82) is 0 Å². The third kappa shape index (κ3) is 3.81. The fourth-order valence-corrected chi connectivity index (χ4v) is 2.65. The number of halogens is 1. The molecule has 1 aliphatic carbocycles. The molecule has 1 aromatic rings. The summed E-state index contributed by atoms with van der Waals surface area (Å²) in [6.07, 6.45) is 3.19. The number of aliphatic carboxylic acids is 1. The van der Waals surface area contributed by atoms with Crippen LogP contribution < -0.4 is 5.73 Å². The van der Waals surface area contributed by atoms with E-state index in [1.807, 2.05) is 0 Å². The molecule has 0 aliphatic heterocycles. The Hall–Kier alpha value is -1.34. The summed E-state index contributed by atoms with van der Waals surface area (Å²) in [5, 5.41) is 14.8. The van der Waals surface area contributed by atoms with Gasteiger partial charge in [-0.1, -0.05) is 5.16 Å². The average Bonchev–Trinajstić information content (AvgIpc) is 2.78. The van der Waals surface area contributed by atoms with Gasteiger partial charge in [0, 0.05) is 10.8 Å². The van der Waals surface area contributed by atoms with E-state index in [0.29, 0.717) is 5.13 Å². The number of oxime groups is 1. The molecular weight excluding hydrogens is 290 g/mol. The topological polar surface area (TPSA) is 97.8 Å². The number of hydrogen-bond acceptors (Lipinski definition) is 6. The minimum absolute atomic E-state index is 0.0830. The van der Waals surface area contributed by atoms with Gasteiger partial charge in [-0.2, -0.15) is 0 Å². The lowest BCUT2D eigenvalue weighted by atomic mass is 9.97. The van der Waals surface area contributed by atoms with Gasteiger partial charge in [0.25, 0.3) is 0 Å². The molecule has 1 aliphatic rings. The highest BCUT2D eigenvalue weighted by Gasteiger charge is 2.22. The van der Waals surface area contributed by atoms with E-state index in [0.717, 1.165) is 37.0 Å². The lowest BCUT2D eigenvalue weighted by Gasteiger charge is -2.22. The van der Waals surface area contributed by atoms with Gasteiger partial charge in [-0.15, -0.1) is 22.9 Å². The average molecular weight is 304 g/mol. The van der Waals surface area contributed by atoms with Gasteiger partial charge < -0.3 is 15.7 Å². The Morgan fingerprint density at radius 3 is 2.74 bits per heavy atom. The highest BCUT2D eigenvalue weighted by atomic mass is 35.5. The molecule has 0 bridgehead atoms. The molecule has 0 atom stereocenters. The van der Waals surface area contributed by atoms with Crippen molar-refractivity contribution in [3.63, 3.8) is 0 Å². The standard InChI is InChI=1S/C11H14ClN3O3S/c12-6-1-3-7(4-2-6)18-15-9(10(16)17)8-5-19-11(13)14-8/h5-7H,1-4H2,(H2,13,14)(H,16,17)/t6-,7-. The van der Waals surface area contributed by atoms with Crippen molar-refractivity contribution in [3.8, 4) is 0 Å². The molecule has 3 N–H and O–H groups in total. The third-order valence-electron chi connectivity index (χ3n) is 2.86. The molecular formula is C11H14ClN3O3S.